The number of fused-ring (bicyclic) bond motifs is 5. The molecule has 3 fully saturated rings. The summed E-state index contributed by atoms with van der Waals surface area (Å²) in [6.07, 6.45) is 8.94. The Kier molecular flexibility index (Phi) is 3.38. The fraction of sp³-hybridized carbons (Fsp3) is 0.700. The van der Waals surface area contributed by atoms with Crippen molar-refractivity contribution in [3.63, 3.8) is 0 Å². The second kappa shape index (κ2) is 5.04. The predicted octanol–water partition coefficient (Wildman–Crippen LogP) is 2.97. The number of carboxylic acid groups (broad SMARTS) is 1. The van der Waals surface area contributed by atoms with Crippen LogP contribution in [0.5, 0.6) is 0 Å². The van der Waals surface area contributed by atoms with E-state index in [-0.39, 0.29) is 28.4 Å². The van der Waals surface area contributed by atoms with Crippen LogP contribution in [0.25, 0.3) is 0 Å². The lowest BCUT2D eigenvalue weighted by atomic mass is 9.47. The Morgan fingerprint density at radius 2 is 2.00 bits per heavy atom. The first-order chi connectivity index (χ1) is 11.3. The van der Waals surface area contributed by atoms with Gasteiger partial charge in [-0.2, -0.15) is 0 Å². The molecule has 4 rings (SSSR count). The summed E-state index contributed by atoms with van der Waals surface area (Å²) >= 11 is 0. The molecule has 0 bridgehead atoms. The number of allylic oxidation sites excluding steroid dienone is 4. The Bertz CT molecular complexity index is 663. The molecule has 4 aliphatic rings. The van der Waals surface area contributed by atoms with Crippen LogP contribution >= 0.6 is 0 Å². The van der Waals surface area contributed by atoms with E-state index in [0.29, 0.717) is 18.3 Å². The Labute approximate surface area is 142 Å². The van der Waals surface area contributed by atoms with Gasteiger partial charge in [0.15, 0.2) is 5.78 Å². The number of rotatable bonds is 1. The molecule has 0 aromatic rings. The third-order valence-corrected chi connectivity index (χ3v) is 7.79. The Hall–Kier alpha value is -1.42. The van der Waals surface area contributed by atoms with Crippen molar-refractivity contribution in [3.8, 4) is 0 Å². The van der Waals surface area contributed by atoms with Crippen LogP contribution in [0.15, 0.2) is 23.8 Å². The number of carbonyl (C=O) groups is 2. The summed E-state index contributed by atoms with van der Waals surface area (Å²) in [7, 11) is 0. The van der Waals surface area contributed by atoms with E-state index >= 15 is 0 Å². The fourth-order valence-electron chi connectivity index (χ4n) is 6.73. The summed E-state index contributed by atoms with van der Waals surface area (Å²) in [5, 5.41) is 20.7. The molecule has 4 nitrogen and oxygen atoms in total. The van der Waals surface area contributed by atoms with Crippen LogP contribution < -0.4 is 0 Å². The molecule has 4 aliphatic carbocycles. The van der Waals surface area contributed by atoms with E-state index in [9.17, 15) is 19.8 Å². The smallest absolute Gasteiger partial charge is 0.307 e. The molecule has 0 radical (unpaired) electrons. The van der Waals surface area contributed by atoms with E-state index in [1.54, 1.807) is 12.2 Å². The molecule has 0 saturated heterocycles. The zero-order valence-corrected chi connectivity index (χ0v) is 14.4. The van der Waals surface area contributed by atoms with Gasteiger partial charge in [0.05, 0.1) is 12.0 Å². The van der Waals surface area contributed by atoms with Gasteiger partial charge in [0.2, 0.25) is 0 Å². The Morgan fingerprint density at radius 1 is 1.25 bits per heavy atom. The molecule has 0 aromatic carbocycles. The van der Waals surface area contributed by atoms with Crippen LogP contribution in [0.2, 0.25) is 0 Å². The minimum atomic E-state index is -0.712. The first kappa shape index (κ1) is 16.1. The highest BCUT2D eigenvalue weighted by atomic mass is 16.4. The Balaban J connectivity index is 1.74. The monoisotopic (exact) mass is 330 g/mol. The highest BCUT2D eigenvalue weighted by Crippen LogP contribution is 2.65. The van der Waals surface area contributed by atoms with Gasteiger partial charge in [-0.05, 0) is 61.5 Å². The number of hydrogen-bond acceptors (Lipinski definition) is 3. The zero-order chi connectivity index (χ0) is 17.3. The second-order valence-corrected chi connectivity index (χ2v) is 8.77. The number of aliphatic carboxylic acids is 1. The van der Waals surface area contributed by atoms with E-state index in [2.05, 4.69) is 13.8 Å². The largest absolute Gasteiger partial charge is 0.481 e. The molecule has 130 valence electrons. The van der Waals surface area contributed by atoms with Crippen molar-refractivity contribution in [3.05, 3.63) is 23.8 Å². The van der Waals surface area contributed by atoms with E-state index < -0.39 is 12.1 Å². The van der Waals surface area contributed by atoms with E-state index in [1.807, 2.05) is 6.08 Å². The first-order valence-corrected chi connectivity index (χ1v) is 9.12. The van der Waals surface area contributed by atoms with Gasteiger partial charge >= 0.3 is 5.97 Å². The molecule has 0 aromatic heterocycles. The van der Waals surface area contributed by atoms with Gasteiger partial charge in [0.25, 0.3) is 0 Å². The van der Waals surface area contributed by atoms with E-state index in [4.69, 9.17) is 0 Å². The van der Waals surface area contributed by atoms with Crippen molar-refractivity contribution in [1.82, 2.24) is 0 Å². The molecule has 0 heterocycles. The molecule has 0 amide bonds. The number of aliphatic hydroxyl groups excluding tert-OH is 1. The Morgan fingerprint density at radius 3 is 2.71 bits per heavy atom. The molecular formula is C20H26O4. The third-order valence-electron chi connectivity index (χ3n) is 7.79. The summed E-state index contributed by atoms with van der Waals surface area (Å²) in [6.45, 7) is 4.23. The summed E-state index contributed by atoms with van der Waals surface area (Å²) in [5.41, 5.74) is 0.573. The van der Waals surface area contributed by atoms with Crippen molar-refractivity contribution in [1.29, 1.82) is 0 Å². The summed E-state index contributed by atoms with van der Waals surface area (Å²) in [4.78, 5) is 23.5. The maximum atomic E-state index is 11.8. The number of hydrogen-bond donors (Lipinski definition) is 2. The van der Waals surface area contributed by atoms with Gasteiger partial charge in [-0.1, -0.05) is 25.5 Å². The van der Waals surface area contributed by atoms with Crippen molar-refractivity contribution in [2.24, 2.45) is 34.5 Å². The number of carbonyl (C=O) groups excluding carboxylic acids is 1. The normalized spacial score (nSPS) is 49.9. The summed E-state index contributed by atoms with van der Waals surface area (Å²) < 4.78 is 0. The summed E-state index contributed by atoms with van der Waals surface area (Å²) in [5.74, 6) is -0.224. The van der Waals surface area contributed by atoms with Crippen LogP contribution in [-0.4, -0.2) is 28.1 Å². The molecule has 2 N–H and O–H groups in total. The van der Waals surface area contributed by atoms with Crippen LogP contribution in [0.4, 0.5) is 0 Å². The first-order valence-electron chi connectivity index (χ1n) is 9.12. The average Bonchev–Trinajstić information content (AvgIpc) is 2.84. The fourth-order valence-corrected chi connectivity index (χ4v) is 6.73. The van der Waals surface area contributed by atoms with Crippen LogP contribution in [0.3, 0.4) is 0 Å². The van der Waals surface area contributed by atoms with Gasteiger partial charge in [-0.15, -0.1) is 0 Å². The zero-order valence-electron chi connectivity index (χ0n) is 14.4. The number of ketones is 1. The molecule has 0 spiro atoms. The maximum Gasteiger partial charge on any atom is 0.307 e. The highest BCUT2D eigenvalue weighted by Gasteiger charge is 2.62. The van der Waals surface area contributed by atoms with Gasteiger partial charge in [-0.3, -0.25) is 9.59 Å². The van der Waals surface area contributed by atoms with Gasteiger partial charge in [0.1, 0.15) is 0 Å². The molecular weight excluding hydrogens is 304 g/mol. The summed E-state index contributed by atoms with van der Waals surface area (Å²) in [6, 6.07) is 0. The minimum Gasteiger partial charge on any atom is -0.481 e. The molecule has 24 heavy (non-hydrogen) atoms. The molecule has 3 saturated carbocycles. The van der Waals surface area contributed by atoms with E-state index in [0.717, 1.165) is 31.3 Å². The van der Waals surface area contributed by atoms with Crippen molar-refractivity contribution in [2.75, 3.05) is 0 Å². The van der Waals surface area contributed by atoms with Crippen molar-refractivity contribution in [2.45, 2.75) is 52.1 Å². The standard InChI is InChI=1S/C20H26O4/c1-19-8-7-12(21)9-11(19)3-4-13-14-5-6-15(18(23)24)20(14,2)10-16(22)17(13)19/h7-9,13-17,22H,3-6,10H2,1-2H3,(H,23,24)/t13?,14?,15-,16?,17?,19+,20+/m1/s1. The molecule has 7 atom stereocenters. The molecule has 0 aliphatic heterocycles. The third kappa shape index (κ3) is 1.95. The maximum absolute atomic E-state index is 11.8. The number of aliphatic hydroxyl groups is 1. The van der Waals surface area contributed by atoms with Crippen LogP contribution in [-0.2, 0) is 9.59 Å². The lowest BCUT2D eigenvalue weighted by molar-refractivity contribution is -0.155. The van der Waals surface area contributed by atoms with Crippen molar-refractivity contribution < 1.29 is 19.8 Å². The predicted molar refractivity (Wildman–Crippen MR) is 89.1 cm³/mol. The quantitative estimate of drug-likeness (QED) is 0.775. The van der Waals surface area contributed by atoms with Crippen LogP contribution in [0, 0.1) is 34.5 Å². The second-order valence-electron chi connectivity index (χ2n) is 8.77. The highest BCUT2D eigenvalue weighted by molar-refractivity contribution is 6.01. The van der Waals surface area contributed by atoms with E-state index in [1.165, 1.54) is 0 Å². The topological polar surface area (TPSA) is 74.6 Å². The van der Waals surface area contributed by atoms with Crippen LogP contribution in [0.1, 0.15) is 46.0 Å². The SMILES string of the molecule is C[C@]12C=CC(=O)C=C1CCC1C2C(O)C[C@@]2(C)C1CC[C@@H]2C(=O)O. The van der Waals surface area contributed by atoms with Gasteiger partial charge in [-0.25, -0.2) is 0 Å². The minimum absolute atomic E-state index is 0.0443. The lowest BCUT2D eigenvalue weighted by Gasteiger charge is -2.58. The molecule has 4 unspecified atom stereocenters. The van der Waals surface area contributed by atoms with Crippen molar-refractivity contribution >= 4 is 11.8 Å². The number of carboxylic acids is 1. The molecule has 4 heteroatoms. The van der Waals surface area contributed by atoms with Gasteiger partial charge in [0, 0.05) is 11.3 Å². The lowest BCUT2D eigenvalue weighted by Crippen LogP contribution is -2.56. The van der Waals surface area contributed by atoms with Gasteiger partial charge < -0.3 is 10.2 Å². The average molecular weight is 330 g/mol.